The second-order valence-corrected chi connectivity index (χ2v) is 3.65. The standard InChI is InChI=1S/C9H19NO3/c1-7(11)9(12)10-5-3-4-8(6-10)13-2/h7-9,11-12H,3-6H2,1-2H3/t7-,8+,9?/m0/s1. The lowest BCUT2D eigenvalue weighted by molar-refractivity contribution is -0.104. The Hall–Kier alpha value is -0.160. The molecule has 1 unspecified atom stereocenters. The topological polar surface area (TPSA) is 52.9 Å². The summed E-state index contributed by atoms with van der Waals surface area (Å²) in [5, 5.41) is 18.8. The molecule has 0 saturated carbocycles. The fourth-order valence-electron chi connectivity index (χ4n) is 1.70. The molecule has 0 bridgehead atoms. The number of piperidine rings is 1. The third-order valence-corrected chi connectivity index (χ3v) is 2.55. The van der Waals surface area contributed by atoms with Gasteiger partial charge in [-0.25, -0.2) is 0 Å². The normalized spacial score (nSPS) is 30.0. The maximum absolute atomic E-state index is 9.58. The van der Waals surface area contributed by atoms with Crippen LogP contribution < -0.4 is 0 Å². The summed E-state index contributed by atoms with van der Waals surface area (Å²) in [5.74, 6) is 0. The largest absolute Gasteiger partial charge is 0.389 e. The van der Waals surface area contributed by atoms with Crippen LogP contribution in [0, 0.1) is 0 Å². The zero-order chi connectivity index (χ0) is 9.84. The molecule has 0 radical (unpaired) electrons. The summed E-state index contributed by atoms with van der Waals surface area (Å²) in [6.07, 6.45) is 0.803. The average molecular weight is 189 g/mol. The molecular weight excluding hydrogens is 170 g/mol. The molecule has 1 aliphatic rings. The summed E-state index contributed by atoms with van der Waals surface area (Å²) in [6.45, 7) is 3.15. The van der Waals surface area contributed by atoms with Gasteiger partial charge in [0, 0.05) is 20.2 Å². The SMILES string of the molecule is CO[C@@H]1CCCN(C(O)[C@H](C)O)C1. The Morgan fingerprint density at radius 2 is 2.15 bits per heavy atom. The summed E-state index contributed by atoms with van der Waals surface area (Å²) in [7, 11) is 1.68. The average Bonchev–Trinajstić information content (AvgIpc) is 2.16. The first-order valence-electron chi connectivity index (χ1n) is 4.78. The molecule has 4 heteroatoms. The molecule has 1 fully saturated rings. The van der Waals surface area contributed by atoms with Crippen molar-refractivity contribution in [1.82, 2.24) is 4.90 Å². The molecule has 1 aliphatic heterocycles. The monoisotopic (exact) mass is 189 g/mol. The molecular formula is C9H19NO3. The van der Waals surface area contributed by atoms with Gasteiger partial charge in [-0.2, -0.15) is 0 Å². The molecule has 0 aromatic rings. The van der Waals surface area contributed by atoms with E-state index in [2.05, 4.69) is 0 Å². The van der Waals surface area contributed by atoms with Gasteiger partial charge in [0.1, 0.15) is 6.23 Å². The summed E-state index contributed by atoms with van der Waals surface area (Å²) in [6, 6.07) is 0. The molecule has 1 heterocycles. The van der Waals surface area contributed by atoms with Crippen LogP contribution in [0.3, 0.4) is 0 Å². The van der Waals surface area contributed by atoms with Gasteiger partial charge >= 0.3 is 0 Å². The maximum atomic E-state index is 9.58. The van der Waals surface area contributed by atoms with E-state index in [4.69, 9.17) is 4.74 Å². The summed E-state index contributed by atoms with van der Waals surface area (Å²) < 4.78 is 5.22. The van der Waals surface area contributed by atoms with E-state index in [0.29, 0.717) is 6.54 Å². The van der Waals surface area contributed by atoms with Gasteiger partial charge in [0.05, 0.1) is 12.2 Å². The smallest absolute Gasteiger partial charge is 0.133 e. The molecule has 0 aliphatic carbocycles. The van der Waals surface area contributed by atoms with Crippen LogP contribution in [0.2, 0.25) is 0 Å². The second-order valence-electron chi connectivity index (χ2n) is 3.65. The first kappa shape index (κ1) is 10.9. The highest BCUT2D eigenvalue weighted by Crippen LogP contribution is 2.15. The fraction of sp³-hybridized carbons (Fsp3) is 1.00. The minimum absolute atomic E-state index is 0.196. The van der Waals surface area contributed by atoms with Crippen molar-refractivity contribution >= 4 is 0 Å². The van der Waals surface area contributed by atoms with Crippen molar-refractivity contribution in [1.29, 1.82) is 0 Å². The number of nitrogens with zero attached hydrogens (tertiary/aromatic N) is 1. The number of rotatable bonds is 3. The Morgan fingerprint density at radius 3 is 2.69 bits per heavy atom. The van der Waals surface area contributed by atoms with Crippen molar-refractivity contribution in [2.75, 3.05) is 20.2 Å². The molecule has 0 amide bonds. The first-order valence-corrected chi connectivity index (χ1v) is 4.78. The summed E-state index contributed by atoms with van der Waals surface area (Å²) >= 11 is 0. The van der Waals surface area contributed by atoms with Crippen molar-refractivity contribution < 1.29 is 14.9 Å². The third-order valence-electron chi connectivity index (χ3n) is 2.55. The number of hydrogen-bond acceptors (Lipinski definition) is 4. The third kappa shape index (κ3) is 2.91. The van der Waals surface area contributed by atoms with Crippen molar-refractivity contribution in [3.8, 4) is 0 Å². The van der Waals surface area contributed by atoms with Crippen LogP contribution in [0.4, 0.5) is 0 Å². The lowest BCUT2D eigenvalue weighted by atomic mass is 10.1. The number of aliphatic hydroxyl groups is 2. The van der Waals surface area contributed by atoms with Crippen LogP contribution in [0.5, 0.6) is 0 Å². The van der Waals surface area contributed by atoms with Gasteiger partial charge < -0.3 is 14.9 Å². The molecule has 0 spiro atoms. The Labute approximate surface area is 79.1 Å². The van der Waals surface area contributed by atoms with Crippen LogP contribution in [-0.4, -0.2) is 53.7 Å². The van der Waals surface area contributed by atoms with Crippen molar-refractivity contribution in [2.24, 2.45) is 0 Å². The number of ether oxygens (including phenoxy) is 1. The maximum Gasteiger partial charge on any atom is 0.133 e. The van der Waals surface area contributed by atoms with E-state index < -0.39 is 12.3 Å². The van der Waals surface area contributed by atoms with E-state index in [1.54, 1.807) is 14.0 Å². The summed E-state index contributed by atoms with van der Waals surface area (Å²) in [5.41, 5.74) is 0. The summed E-state index contributed by atoms with van der Waals surface area (Å²) in [4.78, 5) is 1.86. The van der Waals surface area contributed by atoms with Gasteiger partial charge in [-0.1, -0.05) is 0 Å². The fourth-order valence-corrected chi connectivity index (χ4v) is 1.70. The van der Waals surface area contributed by atoms with Crippen LogP contribution in [0.15, 0.2) is 0 Å². The zero-order valence-corrected chi connectivity index (χ0v) is 8.31. The molecule has 78 valence electrons. The van der Waals surface area contributed by atoms with Crippen molar-refractivity contribution in [2.45, 2.75) is 38.2 Å². The van der Waals surface area contributed by atoms with Crippen LogP contribution in [0.1, 0.15) is 19.8 Å². The highest BCUT2D eigenvalue weighted by molar-refractivity contribution is 4.76. The lowest BCUT2D eigenvalue weighted by Gasteiger charge is -2.36. The van der Waals surface area contributed by atoms with E-state index in [-0.39, 0.29) is 6.10 Å². The number of hydrogen-bond donors (Lipinski definition) is 2. The Kier molecular flexibility index (Phi) is 4.12. The van der Waals surface area contributed by atoms with Gasteiger partial charge in [0.15, 0.2) is 0 Å². The minimum Gasteiger partial charge on any atom is -0.389 e. The number of methoxy groups -OCH3 is 1. The molecule has 4 nitrogen and oxygen atoms in total. The van der Waals surface area contributed by atoms with E-state index in [1.165, 1.54) is 0 Å². The van der Waals surface area contributed by atoms with Crippen molar-refractivity contribution in [3.05, 3.63) is 0 Å². The number of aliphatic hydroxyl groups excluding tert-OH is 2. The van der Waals surface area contributed by atoms with Gasteiger partial charge in [-0.3, -0.25) is 4.90 Å². The van der Waals surface area contributed by atoms with Gasteiger partial charge in [0.25, 0.3) is 0 Å². The van der Waals surface area contributed by atoms with Crippen molar-refractivity contribution in [3.63, 3.8) is 0 Å². The highest BCUT2D eigenvalue weighted by atomic mass is 16.5. The Balaban J connectivity index is 2.41. The van der Waals surface area contributed by atoms with Gasteiger partial charge in [0.2, 0.25) is 0 Å². The van der Waals surface area contributed by atoms with E-state index in [9.17, 15) is 10.2 Å². The minimum atomic E-state index is -0.752. The molecule has 1 saturated heterocycles. The van der Waals surface area contributed by atoms with Gasteiger partial charge in [-0.15, -0.1) is 0 Å². The van der Waals surface area contributed by atoms with E-state index in [0.717, 1.165) is 19.4 Å². The first-order chi connectivity index (χ1) is 6.15. The predicted molar refractivity (Wildman–Crippen MR) is 49.3 cm³/mol. The van der Waals surface area contributed by atoms with Crippen LogP contribution >= 0.6 is 0 Å². The molecule has 1 rings (SSSR count). The number of likely N-dealkylation sites (tertiary alicyclic amines) is 1. The molecule has 0 aromatic heterocycles. The zero-order valence-electron chi connectivity index (χ0n) is 8.31. The second kappa shape index (κ2) is 4.91. The van der Waals surface area contributed by atoms with Crippen LogP contribution in [-0.2, 0) is 4.74 Å². The molecule has 13 heavy (non-hydrogen) atoms. The molecule has 3 atom stereocenters. The predicted octanol–water partition coefficient (Wildman–Crippen LogP) is -0.204. The van der Waals surface area contributed by atoms with E-state index >= 15 is 0 Å². The Bertz CT molecular complexity index is 152. The lowest BCUT2D eigenvalue weighted by Crippen LogP contribution is -2.49. The Morgan fingerprint density at radius 1 is 1.46 bits per heavy atom. The van der Waals surface area contributed by atoms with Gasteiger partial charge in [-0.05, 0) is 19.8 Å². The molecule has 0 aromatic carbocycles. The quantitative estimate of drug-likeness (QED) is 0.645. The van der Waals surface area contributed by atoms with Crippen LogP contribution in [0.25, 0.3) is 0 Å². The van der Waals surface area contributed by atoms with E-state index in [1.807, 2.05) is 4.90 Å². The molecule has 2 N–H and O–H groups in total. The highest BCUT2D eigenvalue weighted by Gasteiger charge is 2.26.